The molecule has 0 heterocycles. The zero-order valence-corrected chi connectivity index (χ0v) is 3.52. The Labute approximate surface area is 41.3 Å². The average Bonchev–Trinajstić information content (AvgIpc) is 1.62. The van der Waals surface area contributed by atoms with E-state index in [-0.39, 0.29) is 0 Å². The van der Waals surface area contributed by atoms with E-state index in [1.54, 1.807) is 0 Å². The van der Waals surface area contributed by atoms with Gasteiger partial charge in [0.1, 0.15) is 0 Å². The van der Waals surface area contributed by atoms with E-state index in [4.69, 9.17) is 4.11 Å². The first-order valence-electron chi connectivity index (χ1n) is 3.02. The van der Waals surface area contributed by atoms with Gasteiger partial charge in [-0.25, -0.2) is 0 Å². The van der Waals surface area contributed by atoms with Gasteiger partial charge in [-0.1, -0.05) is 6.85 Å². The summed E-state index contributed by atoms with van der Waals surface area (Å²) in [6.45, 7) is -2.20. The summed E-state index contributed by atoms with van der Waals surface area (Å²) in [6.07, 6.45) is -0.510. The van der Waals surface area contributed by atoms with Crippen molar-refractivity contribution in [1.29, 1.82) is 0 Å². The summed E-state index contributed by atoms with van der Waals surface area (Å²) >= 11 is 0. The highest BCUT2D eigenvalue weighted by molar-refractivity contribution is 5.68. The molecule has 0 bridgehead atoms. The monoisotopic (exact) mass is 91.1 g/mol. The summed E-state index contributed by atoms with van der Waals surface area (Å²) in [4.78, 5) is 10.2. The van der Waals surface area contributed by atoms with Gasteiger partial charge in [0.15, 0.2) is 0 Å². The van der Waals surface area contributed by atoms with E-state index in [0.29, 0.717) is 0 Å². The maximum Gasteiger partial charge on any atom is 0.305 e. The Kier molecular flexibility index (Phi) is 0.879. The van der Waals surface area contributed by atoms with Gasteiger partial charge in [-0.2, -0.15) is 0 Å². The molecule has 2 nitrogen and oxygen atoms in total. The first-order valence-corrected chi connectivity index (χ1v) is 1.52. The molecule has 36 valence electrons. The van der Waals surface area contributed by atoms with Crippen LogP contribution in [0.2, 0.25) is 0 Å². The predicted molar refractivity (Wildman–Crippen MR) is 22.3 cm³/mol. The maximum atomic E-state index is 10.2. The van der Waals surface area contributed by atoms with Crippen LogP contribution < -0.4 is 0 Å². The summed E-state index contributed by atoms with van der Waals surface area (Å²) in [5, 5.41) is 0. The highest BCUT2D eigenvalue weighted by atomic mass is 16.5. The largest absolute Gasteiger partial charge is 0.469 e. The van der Waals surface area contributed by atoms with E-state index >= 15 is 0 Å². The van der Waals surface area contributed by atoms with E-state index in [1.807, 2.05) is 0 Å². The molecule has 0 atom stereocenters. The van der Waals surface area contributed by atoms with Crippen LogP contribution >= 0.6 is 0 Å². The van der Waals surface area contributed by atoms with Crippen molar-refractivity contribution >= 4 is 5.97 Å². The van der Waals surface area contributed by atoms with Gasteiger partial charge in [0, 0.05) is 10.5 Å². The lowest BCUT2D eigenvalue weighted by Gasteiger charge is -1.87. The molecule has 0 aliphatic rings. The van der Waals surface area contributed by atoms with Crippen molar-refractivity contribution in [1.82, 2.24) is 0 Å². The third-order valence-corrected chi connectivity index (χ3v) is 0.372. The lowest BCUT2D eigenvalue weighted by Crippen LogP contribution is -1.94. The second-order valence-electron chi connectivity index (χ2n) is 0.753. The van der Waals surface area contributed by atoms with Crippen LogP contribution in [0.3, 0.4) is 0 Å². The standard InChI is InChI=1S/C4H8O2/c1-3-4(5)6-2/h3H2,1-2H3/i1D3. The van der Waals surface area contributed by atoms with Crippen molar-refractivity contribution in [2.75, 3.05) is 7.11 Å². The smallest absolute Gasteiger partial charge is 0.305 e. The summed E-state index contributed by atoms with van der Waals surface area (Å²) in [5.74, 6) is -0.699. The number of ether oxygens (including phenoxy) is 1. The van der Waals surface area contributed by atoms with Crippen LogP contribution in [0, 0.1) is 0 Å². The SMILES string of the molecule is [2H]C([2H])([2H])CC(=O)OC. The van der Waals surface area contributed by atoms with Crippen LogP contribution in [0.4, 0.5) is 0 Å². The summed E-state index contributed by atoms with van der Waals surface area (Å²) < 4.78 is 23.9. The van der Waals surface area contributed by atoms with Gasteiger partial charge in [-0.3, -0.25) is 4.79 Å². The highest BCUT2D eigenvalue weighted by Gasteiger charge is 1.87. The Morgan fingerprint density at radius 3 is 3.00 bits per heavy atom. The Morgan fingerprint density at radius 2 is 2.83 bits per heavy atom. The van der Waals surface area contributed by atoms with Crippen LogP contribution in [-0.4, -0.2) is 13.1 Å². The molecule has 0 fully saturated rings. The summed E-state index contributed by atoms with van der Waals surface area (Å²) in [6, 6.07) is 0. The fourth-order valence-corrected chi connectivity index (χ4v) is 0.0722. The molecule has 0 unspecified atom stereocenters. The topological polar surface area (TPSA) is 26.3 Å². The number of hydrogen-bond acceptors (Lipinski definition) is 2. The molecule has 0 aromatic heterocycles. The number of methoxy groups -OCH3 is 1. The van der Waals surface area contributed by atoms with Crippen LogP contribution in [-0.2, 0) is 9.53 Å². The molecule has 2 heteroatoms. The van der Waals surface area contributed by atoms with E-state index in [0.717, 1.165) is 7.11 Å². The molecule has 0 saturated heterocycles. The third kappa shape index (κ3) is 1.76. The van der Waals surface area contributed by atoms with Crippen molar-refractivity contribution in [2.24, 2.45) is 0 Å². The molecule has 0 aliphatic heterocycles. The van der Waals surface area contributed by atoms with Gasteiger partial charge in [-0.05, 0) is 0 Å². The molecule has 0 rings (SSSR count). The molecule has 0 aromatic rings. The van der Waals surface area contributed by atoms with Crippen LogP contribution in [0.25, 0.3) is 0 Å². The van der Waals surface area contributed by atoms with Crippen molar-refractivity contribution in [2.45, 2.75) is 13.3 Å². The van der Waals surface area contributed by atoms with E-state index in [9.17, 15) is 4.79 Å². The molecule has 0 aliphatic carbocycles. The summed E-state index contributed by atoms with van der Waals surface area (Å²) in [7, 11) is 1.16. The molecule has 0 aromatic carbocycles. The lowest BCUT2D eigenvalue weighted by molar-refractivity contribution is -0.140. The normalized spacial score (nSPS) is 17.2. The number of rotatable bonds is 1. The first kappa shape index (κ1) is 1.96. The quantitative estimate of drug-likeness (QED) is 0.441. The number of carbonyl (C=O) groups excluding carboxylic acids is 1. The molecule has 0 radical (unpaired) electrons. The van der Waals surface area contributed by atoms with Gasteiger partial charge in [0.05, 0.1) is 7.11 Å². The first-order chi connectivity index (χ1) is 3.95. The number of esters is 1. The molecule has 0 amide bonds. The van der Waals surface area contributed by atoms with Crippen molar-refractivity contribution in [3.63, 3.8) is 0 Å². The molecular weight excluding hydrogens is 80.0 g/mol. The Bertz CT molecular complexity index is 107. The van der Waals surface area contributed by atoms with Gasteiger partial charge in [0.2, 0.25) is 0 Å². The van der Waals surface area contributed by atoms with Crippen molar-refractivity contribution in [3.05, 3.63) is 0 Å². The van der Waals surface area contributed by atoms with Crippen molar-refractivity contribution in [3.8, 4) is 0 Å². The van der Waals surface area contributed by atoms with Gasteiger partial charge < -0.3 is 4.74 Å². The molecule has 0 N–H and O–H groups in total. The lowest BCUT2D eigenvalue weighted by atomic mass is 10.5. The minimum absolute atomic E-state index is 0.510. The Morgan fingerprint density at radius 1 is 2.17 bits per heavy atom. The zero-order chi connectivity index (χ0) is 7.49. The third-order valence-electron chi connectivity index (χ3n) is 0.372. The number of hydrogen-bond donors (Lipinski definition) is 0. The Balaban J connectivity index is 3.60. The molecule has 0 saturated carbocycles. The van der Waals surface area contributed by atoms with Gasteiger partial charge in [0.25, 0.3) is 0 Å². The van der Waals surface area contributed by atoms with Crippen LogP contribution in [0.5, 0.6) is 0 Å². The van der Waals surface area contributed by atoms with Crippen molar-refractivity contribution < 1.29 is 13.6 Å². The minimum atomic E-state index is -2.20. The van der Waals surface area contributed by atoms with E-state index in [1.165, 1.54) is 0 Å². The van der Waals surface area contributed by atoms with E-state index < -0.39 is 19.2 Å². The summed E-state index contributed by atoms with van der Waals surface area (Å²) in [5.41, 5.74) is 0. The Hall–Kier alpha value is -0.530. The van der Waals surface area contributed by atoms with E-state index in [2.05, 4.69) is 4.74 Å². The molecule has 0 spiro atoms. The number of carbonyl (C=O) groups is 1. The maximum absolute atomic E-state index is 10.2. The second-order valence-corrected chi connectivity index (χ2v) is 0.753. The fourth-order valence-electron chi connectivity index (χ4n) is 0.0722. The zero-order valence-electron chi connectivity index (χ0n) is 6.52. The van der Waals surface area contributed by atoms with Gasteiger partial charge >= 0.3 is 5.97 Å². The van der Waals surface area contributed by atoms with Crippen LogP contribution in [0.1, 0.15) is 17.4 Å². The minimum Gasteiger partial charge on any atom is -0.469 e. The fraction of sp³-hybridized carbons (Fsp3) is 0.750. The van der Waals surface area contributed by atoms with Gasteiger partial charge in [-0.15, -0.1) is 0 Å². The predicted octanol–water partition coefficient (Wildman–Crippen LogP) is 0.569. The second kappa shape index (κ2) is 2.69. The average molecular weight is 91.1 g/mol. The van der Waals surface area contributed by atoms with Crippen LogP contribution in [0.15, 0.2) is 0 Å². The molecular formula is C4H8O2. The highest BCUT2D eigenvalue weighted by Crippen LogP contribution is 1.76. The molecule has 6 heavy (non-hydrogen) atoms.